The Morgan fingerprint density at radius 2 is 2.18 bits per heavy atom. The normalized spacial score (nSPS) is 14.4. The van der Waals surface area contributed by atoms with Crippen LogP contribution in [0.3, 0.4) is 0 Å². The predicted molar refractivity (Wildman–Crippen MR) is 97.1 cm³/mol. The highest BCUT2D eigenvalue weighted by atomic mass is 19.4. The first-order valence-electron chi connectivity index (χ1n) is 8.88. The lowest BCUT2D eigenvalue weighted by Crippen LogP contribution is -2.33. The maximum atomic E-state index is 12.5. The van der Waals surface area contributed by atoms with Crippen molar-refractivity contribution < 1.29 is 18.0 Å². The van der Waals surface area contributed by atoms with Gasteiger partial charge in [-0.3, -0.25) is 4.79 Å². The number of aryl methyl sites for hydroxylation is 1. The monoisotopic (exact) mass is 392 g/mol. The molecule has 2 N–H and O–H groups in total. The number of halogens is 3. The zero-order chi connectivity index (χ0) is 19.9. The number of aromatic nitrogens is 4. The Balaban J connectivity index is 1.58. The van der Waals surface area contributed by atoms with Crippen molar-refractivity contribution in [3.8, 4) is 0 Å². The van der Waals surface area contributed by atoms with E-state index in [1.165, 1.54) is 6.33 Å². The van der Waals surface area contributed by atoms with E-state index in [-0.39, 0.29) is 0 Å². The highest BCUT2D eigenvalue weighted by molar-refractivity contribution is 5.96. The summed E-state index contributed by atoms with van der Waals surface area (Å²) in [6, 6.07) is 1.90. The quantitative estimate of drug-likeness (QED) is 0.715. The molecule has 1 aliphatic heterocycles. The van der Waals surface area contributed by atoms with E-state index in [2.05, 4.69) is 25.2 Å². The summed E-state index contributed by atoms with van der Waals surface area (Å²) in [4.78, 5) is 26.2. The van der Waals surface area contributed by atoms with E-state index in [0.29, 0.717) is 18.5 Å². The molecule has 0 fully saturated rings. The molecule has 7 nitrogen and oxygen atoms in total. The number of fused-ring (bicyclic) bond motifs is 2. The predicted octanol–water partition coefficient (Wildman–Crippen LogP) is 2.54. The Bertz CT molecular complexity index is 1020. The van der Waals surface area contributed by atoms with Gasteiger partial charge in [-0.1, -0.05) is 0 Å². The van der Waals surface area contributed by atoms with Gasteiger partial charge in [-0.15, -0.1) is 0 Å². The minimum atomic E-state index is -4.30. The Hall–Kier alpha value is -3.04. The molecular formula is C18H19F3N6O. The van der Waals surface area contributed by atoms with Crippen molar-refractivity contribution in [1.29, 1.82) is 0 Å². The average Bonchev–Trinajstić information content (AvgIpc) is 3.25. The molecular weight excluding hydrogens is 373 g/mol. The second-order valence-electron chi connectivity index (χ2n) is 6.81. The molecule has 0 saturated carbocycles. The third-order valence-corrected chi connectivity index (χ3v) is 4.96. The molecule has 1 aliphatic rings. The largest absolute Gasteiger partial charge is 0.390 e. The van der Waals surface area contributed by atoms with Crippen LogP contribution in [0.4, 0.5) is 19.0 Å². The molecule has 0 atom stereocenters. The molecule has 0 radical (unpaired) electrons. The van der Waals surface area contributed by atoms with E-state index in [9.17, 15) is 18.0 Å². The van der Waals surface area contributed by atoms with Crippen LogP contribution in [0.5, 0.6) is 0 Å². The second kappa shape index (κ2) is 6.84. The van der Waals surface area contributed by atoms with Crippen LogP contribution >= 0.6 is 0 Å². The number of carbonyl (C=O) groups excluding carboxylic acids is 1. The van der Waals surface area contributed by atoms with E-state index < -0.39 is 25.0 Å². The van der Waals surface area contributed by atoms with E-state index in [0.717, 1.165) is 34.7 Å². The number of aromatic amines is 1. The highest BCUT2D eigenvalue weighted by Crippen LogP contribution is 2.30. The average molecular weight is 392 g/mol. The van der Waals surface area contributed by atoms with Crippen LogP contribution < -0.4 is 10.2 Å². The lowest BCUT2D eigenvalue weighted by Gasteiger charge is -2.29. The number of anilines is 1. The SMILES string of the molecule is Cn1cc(C(=O)NCCC(F)(F)F)c2c1CCN(c1ncnc3[nH]ccc13)C2. The first kappa shape index (κ1) is 18.3. The Morgan fingerprint density at radius 3 is 2.96 bits per heavy atom. The Labute approximate surface area is 158 Å². The number of carbonyl (C=O) groups is 1. The van der Waals surface area contributed by atoms with E-state index >= 15 is 0 Å². The standard InChI is InChI=1S/C18H19F3N6O/c1-26-8-13(17(28)23-6-4-18(19,20)21)12-9-27(7-3-14(12)26)16-11-2-5-22-15(11)24-10-25-16/h2,5,8,10H,3-4,6-7,9H2,1H3,(H,23,28)(H,22,24,25). The summed E-state index contributed by atoms with van der Waals surface area (Å²) in [7, 11) is 1.84. The summed E-state index contributed by atoms with van der Waals surface area (Å²) in [6.07, 6.45) is 0.321. The van der Waals surface area contributed by atoms with Crippen molar-refractivity contribution in [3.05, 3.63) is 41.6 Å². The molecule has 0 bridgehead atoms. The molecule has 4 rings (SSSR count). The summed E-state index contributed by atoms with van der Waals surface area (Å²) in [5.74, 6) is 0.279. The molecule has 3 aromatic rings. The zero-order valence-electron chi connectivity index (χ0n) is 15.2. The molecule has 10 heteroatoms. The van der Waals surface area contributed by atoms with Crippen LogP contribution in [0.2, 0.25) is 0 Å². The van der Waals surface area contributed by atoms with Gasteiger partial charge in [-0.2, -0.15) is 13.2 Å². The molecule has 3 aromatic heterocycles. The maximum Gasteiger partial charge on any atom is 0.390 e. The van der Waals surface area contributed by atoms with Gasteiger partial charge in [-0.25, -0.2) is 9.97 Å². The minimum absolute atomic E-state index is 0.406. The van der Waals surface area contributed by atoms with Gasteiger partial charge in [0.15, 0.2) is 0 Å². The minimum Gasteiger partial charge on any atom is -0.353 e. The first-order valence-corrected chi connectivity index (χ1v) is 8.88. The topological polar surface area (TPSA) is 78.8 Å². The molecule has 0 aliphatic carbocycles. The number of amides is 1. The smallest absolute Gasteiger partial charge is 0.353 e. The van der Waals surface area contributed by atoms with Gasteiger partial charge in [0.25, 0.3) is 5.91 Å². The van der Waals surface area contributed by atoms with Crippen LogP contribution in [0.15, 0.2) is 24.8 Å². The number of rotatable bonds is 4. The van der Waals surface area contributed by atoms with Gasteiger partial charge in [-0.05, 0) is 6.07 Å². The molecule has 0 spiro atoms. The molecule has 0 unspecified atom stereocenters. The number of nitrogens with one attached hydrogen (secondary N) is 2. The molecule has 0 saturated heterocycles. The Kier molecular flexibility index (Phi) is 4.48. The fourth-order valence-electron chi connectivity index (χ4n) is 3.63. The fourth-order valence-corrected chi connectivity index (χ4v) is 3.63. The summed E-state index contributed by atoms with van der Waals surface area (Å²) in [5, 5.41) is 3.26. The van der Waals surface area contributed by atoms with Crippen LogP contribution in [0.1, 0.15) is 28.0 Å². The third kappa shape index (κ3) is 3.41. The fraction of sp³-hybridized carbons (Fsp3) is 0.389. The van der Waals surface area contributed by atoms with E-state index in [1.54, 1.807) is 12.4 Å². The van der Waals surface area contributed by atoms with Gasteiger partial charge < -0.3 is 19.8 Å². The molecule has 1 amide bonds. The third-order valence-electron chi connectivity index (χ3n) is 4.96. The van der Waals surface area contributed by atoms with Gasteiger partial charge in [0.1, 0.15) is 17.8 Å². The van der Waals surface area contributed by atoms with Gasteiger partial charge >= 0.3 is 6.18 Å². The summed E-state index contributed by atoms with van der Waals surface area (Å²) >= 11 is 0. The highest BCUT2D eigenvalue weighted by Gasteiger charge is 2.29. The van der Waals surface area contributed by atoms with Gasteiger partial charge in [0.05, 0.1) is 17.4 Å². The molecule has 28 heavy (non-hydrogen) atoms. The van der Waals surface area contributed by atoms with E-state index in [1.807, 2.05) is 17.7 Å². The lowest BCUT2D eigenvalue weighted by molar-refractivity contribution is -0.132. The zero-order valence-corrected chi connectivity index (χ0v) is 15.2. The van der Waals surface area contributed by atoms with Gasteiger partial charge in [0, 0.05) is 56.8 Å². The van der Waals surface area contributed by atoms with Crippen LogP contribution in [-0.2, 0) is 20.0 Å². The lowest BCUT2D eigenvalue weighted by atomic mass is 10.0. The van der Waals surface area contributed by atoms with Crippen LogP contribution in [0, 0.1) is 0 Å². The summed E-state index contributed by atoms with van der Waals surface area (Å²) < 4.78 is 38.9. The van der Waals surface area contributed by atoms with Gasteiger partial charge in [0.2, 0.25) is 0 Å². The van der Waals surface area contributed by atoms with Crippen LogP contribution in [0.25, 0.3) is 11.0 Å². The van der Waals surface area contributed by atoms with Crippen molar-refractivity contribution >= 4 is 22.8 Å². The Morgan fingerprint density at radius 1 is 1.36 bits per heavy atom. The number of H-pyrrole nitrogens is 1. The van der Waals surface area contributed by atoms with Crippen molar-refractivity contribution in [2.24, 2.45) is 7.05 Å². The van der Waals surface area contributed by atoms with E-state index in [4.69, 9.17) is 0 Å². The summed E-state index contributed by atoms with van der Waals surface area (Å²) in [6.45, 7) is 0.734. The number of nitrogens with zero attached hydrogens (tertiary/aromatic N) is 4. The number of alkyl halides is 3. The maximum absolute atomic E-state index is 12.5. The number of hydrogen-bond acceptors (Lipinski definition) is 4. The molecule has 148 valence electrons. The molecule has 0 aromatic carbocycles. The summed E-state index contributed by atoms with van der Waals surface area (Å²) in [5.41, 5.74) is 2.97. The van der Waals surface area contributed by atoms with Crippen molar-refractivity contribution in [2.75, 3.05) is 18.0 Å². The number of hydrogen-bond donors (Lipinski definition) is 2. The second-order valence-corrected chi connectivity index (χ2v) is 6.81. The van der Waals surface area contributed by atoms with Crippen molar-refractivity contribution in [3.63, 3.8) is 0 Å². The van der Waals surface area contributed by atoms with Crippen molar-refractivity contribution in [1.82, 2.24) is 24.8 Å². The molecule has 4 heterocycles. The van der Waals surface area contributed by atoms with Crippen molar-refractivity contribution in [2.45, 2.75) is 25.6 Å². The first-order chi connectivity index (χ1) is 13.3. The van der Waals surface area contributed by atoms with Crippen LogP contribution in [-0.4, -0.2) is 44.7 Å².